The van der Waals surface area contributed by atoms with Gasteiger partial charge in [0.2, 0.25) is 0 Å². The summed E-state index contributed by atoms with van der Waals surface area (Å²) in [6.45, 7) is 5.82. The Balaban J connectivity index is 3.56. The molecule has 0 radical (unpaired) electrons. The third-order valence-electron chi connectivity index (χ3n) is 2.61. The van der Waals surface area contributed by atoms with E-state index < -0.39 is 30.9 Å². The fraction of sp³-hybridized carbons (Fsp3) is 0.667. The molecule has 22 heavy (non-hydrogen) atoms. The Bertz CT molecular complexity index is 376. The minimum absolute atomic E-state index is 0.0836. The van der Waals surface area contributed by atoms with E-state index in [4.69, 9.17) is 14.6 Å². The smallest absolute Gasteiger partial charge is 0.344 e. The summed E-state index contributed by atoms with van der Waals surface area (Å²) in [5.74, 6) is -2.84. The van der Waals surface area contributed by atoms with E-state index in [0.717, 1.165) is 19.3 Å². The van der Waals surface area contributed by atoms with Crippen molar-refractivity contribution in [2.75, 3.05) is 26.4 Å². The second-order valence-corrected chi connectivity index (χ2v) is 4.64. The molecule has 0 aliphatic rings. The van der Waals surface area contributed by atoms with Crippen LogP contribution in [-0.4, -0.2) is 49.4 Å². The van der Waals surface area contributed by atoms with Gasteiger partial charge in [0.1, 0.15) is 6.61 Å². The van der Waals surface area contributed by atoms with Gasteiger partial charge in [-0.3, -0.25) is 4.79 Å². The summed E-state index contributed by atoms with van der Waals surface area (Å²) in [6, 6.07) is 0. The lowest BCUT2D eigenvalue weighted by atomic mass is 10.2. The van der Waals surface area contributed by atoms with Crippen molar-refractivity contribution in [2.24, 2.45) is 0 Å². The highest BCUT2D eigenvalue weighted by atomic mass is 16.6. The maximum absolute atomic E-state index is 11.3. The summed E-state index contributed by atoms with van der Waals surface area (Å²) in [5.41, 5.74) is -0.226. The van der Waals surface area contributed by atoms with Crippen molar-refractivity contribution in [1.82, 2.24) is 0 Å². The normalized spacial score (nSPS) is 10.0. The SMILES string of the molecule is C=C(CC(=O)O)C(=O)OCC(=O)OCCOCCCCCC. The van der Waals surface area contributed by atoms with Crippen LogP contribution in [0.4, 0.5) is 0 Å². The second kappa shape index (κ2) is 12.8. The molecule has 0 aromatic carbocycles. The number of hydrogen-bond donors (Lipinski definition) is 1. The summed E-state index contributed by atoms with van der Waals surface area (Å²) in [5, 5.41) is 8.47. The number of aliphatic carboxylic acids is 1. The lowest BCUT2D eigenvalue weighted by Gasteiger charge is -2.07. The zero-order chi connectivity index (χ0) is 16.8. The Morgan fingerprint density at radius 2 is 1.73 bits per heavy atom. The van der Waals surface area contributed by atoms with Gasteiger partial charge in [-0.15, -0.1) is 0 Å². The van der Waals surface area contributed by atoms with Gasteiger partial charge >= 0.3 is 17.9 Å². The summed E-state index contributed by atoms with van der Waals surface area (Å²) in [4.78, 5) is 32.9. The molecule has 0 bridgehead atoms. The molecular formula is C15H24O7. The number of carboxylic acid groups (broad SMARTS) is 1. The predicted octanol–water partition coefficient (Wildman–Crippen LogP) is 1.70. The van der Waals surface area contributed by atoms with Gasteiger partial charge in [0, 0.05) is 12.2 Å². The zero-order valence-electron chi connectivity index (χ0n) is 13.0. The van der Waals surface area contributed by atoms with Crippen molar-refractivity contribution in [2.45, 2.75) is 39.0 Å². The van der Waals surface area contributed by atoms with Gasteiger partial charge in [-0.1, -0.05) is 32.8 Å². The molecule has 0 heterocycles. The highest BCUT2D eigenvalue weighted by Crippen LogP contribution is 2.01. The van der Waals surface area contributed by atoms with Crippen LogP contribution in [0.5, 0.6) is 0 Å². The highest BCUT2D eigenvalue weighted by molar-refractivity contribution is 5.93. The van der Waals surface area contributed by atoms with Crippen LogP contribution in [0.3, 0.4) is 0 Å². The van der Waals surface area contributed by atoms with Crippen LogP contribution in [0.2, 0.25) is 0 Å². The Morgan fingerprint density at radius 3 is 2.36 bits per heavy atom. The van der Waals surface area contributed by atoms with Gasteiger partial charge < -0.3 is 19.3 Å². The first kappa shape index (κ1) is 20.1. The van der Waals surface area contributed by atoms with E-state index in [9.17, 15) is 14.4 Å². The first-order valence-electron chi connectivity index (χ1n) is 7.27. The minimum atomic E-state index is -1.19. The minimum Gasteiger partial charge on any atom is -0.481 e. The Labute approximate surface area is 130 Å². The molecule has 0 rings (SSSR count). The fourth-order valence-electron chi connectivity index (χ4n) is 1.47. The molecule has 7 nitrogen and oxygen atoms in total. The summed E-state index contributed by atoms with van der Waals surface area (Å²) in [7, 11) is 0. The van der Waals surface area contributed by atoms with Crippen LogP contribution in [0.25, 0.3) is 0 Å². The van der Waals surface area contributed by atoms with Crippen molar-refractivity contribution in [1.29, 1.82) is 0 Å². The molecule has 0 unspecified atom stereocenters. The van der Waals surface area contributed by atoms with Crippen LogP contribution in [0.1, 0.15) is 39.0 Å². The van der Waals surface area contributed by atoms with E-state index in [2.05, 4.69) is 18.2 Å². The van der Waals surface area contributed by atoms with Crippen LogP contribution in [0, 0.1) is 0 Å². The van der Waals surface area contributed by atoms with Crippen molar-refractivity contribution in [3.8, 4) is 0 Å². The molecule has 0 aromatic rings. The van der Waals surface area contributed by atoms with Gasteiger partial charge in [-0.25, -0.2) is 9.59 Å². The molecule has 7 heteroatoms. The third-order valence-corrected chi connectivity index (χ3v) is 2.61. The lowest BCUT2D eigenvalue weighted by molar-refractivity contribution is -0.157. The van der Waals surface area contributed by atoms with Crippen molar-refractivity contribution in [3.05, 3.63) is 12.2 Å². The zero-order valence-corrected chi connectivity index (χ0v) is 13.0. The molecule has 0 spiro atoms. The molecule has 0 aliphatic heterocycles. The van der Waals surface area contributed by atoms with Crippen molar-refractivity contribution in [3.63, 3.8) is 0 Å². The van der Waals surface area contributed by atoms with E-state index in [0.29, 0.717) is 6.61 Å². The first-order valence-corrected chi connectivity index (χ1v) is 7.27. The Kier molecular flexibility index (Phi) is 11.7. The standard InChI is InChI=1S/C15H24O7/c1-3-4-5-6-7-20-8-9-21-14(18)11-22-15(19)12(2)10-13(16)17/h2-11H2,1H3,(H,16,17). The monoisotopic (exact) mass is 316 g/mol. The van der Waals surface area contributed by atoms with Crippen LogP contribution in [0.15, 0.2) is 12.2 Å². The van der Waals surface area contributed by atoms with Gasteiger partial charge in [0.25, 0.3) is 0 Å². The molecule has 0 amide bonds. The average molecular weight is 316 g/mol. The number of hydrogen-bond acceptors (Lipinski definition) is 6. The summed E-state index contributed by atoms with van der Waals surface area (Å²) < 4.78 is 14.6. The fourth-order valence-corrected chi connectivity index (χ4v) is 1.47. The Hall–Kier alpha value is -1.89. The average Bonchev–Trinajstić information content (AvgIpc) is 2.46. The molecule has 126 valence electrons. The lowest BCUT2D eigenvalue weighted by Crippen LogP contribution is -2.20. The van der Waals surface area contributed by atoms with E-state index in [1.165, 1.54) is 6.42 Å². The van der Waals surface area contributed by atoms with E-state index in [1.54, 1.807) is 0 Å². The largest absolute Gasteiger partial charge is 0.481 e. The number of unbranched alkanes of at least 4 members (excludes halogenated alkanes) is 3. The quantitative estimate of drug-likeness (QED) is 0.313. The van der Waals surface area contributed by atoms with Crippen molar-refractivity contribution < 1.29 is 33.7 Å². The Morgan fingerprint density at radius 1 is 1.00 bits per heavy atom. The van der Waals surface area contributed by atoms with E-state index >= 15 is 0 Å². The molecule has 0 aliphatic carbocycles. The van der Waals surface area contributed by atoms with Gasteiger partial charge in [-0.2, -0.15) is 0 Å². The highest BCUT2D eigenvalue weighted by Gasteiger charge is 2.14. The van der Waals surface area contributed by atoms with Gasteiger partial charge in [-0.05, 0) is 6.42 Å². The molecule has 1 N–H and O–H groups in total. The van der Waals surface area contributed by atoms with Crippen LogP contribution < -0.4 is 0 Å². The number of carbonyl (C=O) groups is 3. The van der Waals surface area contributed by atoms with Crippen LogP contribution in [-0.2, 0) is 28.6 Å². The number of rotatable bonds is 13. The van der Waals surface area contributed by atoms with Crippen LogP contribution >= 0.6 is 0 Å². The summed E-state index contributed by atoms with van der Waals surface area (Å²) >= 11 is 0. The number of esters is 2. The van der Waals surface area contributed by atoms with E-state index in [-0.39, 0.29) is 18.8 Å². The molecule has 0 fully saturated rings. The molecule has 0 aromatic heterocycles. The number of ether oxygens (including phenoxy) is 3. The van der Waals surface area contributed by atoms with Gasteiger partial charge in [0.05, 0.1) is 13.0 Å². The third kappa shape index (κ3) is 11.9. The number of carboxylic acids is 1. The molecule has 0 atom stereocenters. The van der Waals surface area contributed by atoms with E-state index in [1.807, 2.05) is 0 Å². The maximum Gasteiger partial charge on any atom is 0.344 e. The predicted molar refractivity (Wildman–Crippen MR) is 78.3 cm³/mol. The van der Waals surface area contributed by atoms with Gasteiger partial charge in [0.15, 0.2) is 6.61 Å². The van der Waals surface area contributed by atoms with Crippen molar-refractivity contribution >= 4 is 17.9 Å². The number of carbonyl (C=O) groups excluding carboxylic acids is 2. The molecular weight excluding hydrogens is 292 g/mol. The first-order chi connectivity index (χ1) is 10.5. The topological polar surface area (TPSA) is 99.1 Å². The molecule has 0 saturated carbocycles. The second-order valence-electron chi connectivity index (χ2n) is 4.64. The maximum atomic E-state index is 11.3. The summed E-state index contributed by atoms with van der Waals surface area (Å²) in [6.07, 6.45) is 3.91. The molecule has 0 saturated heterocycles.